The summed E-state index contributed by atoms with van der Waals surface area (Å²) in [6, 6.07) is 7.15. The molecule has 6 nitrogen and oxygen atoms in total. The van der Waals surface area contributed by atoms with Crippen molar-refractivity contribution in [3.63, 3.8) is 0 Å². The highest BCUT2D eigenvalue weighted by atomic mass is 16.5. The lowest BCUT2D eigenvalue weighted by Crippen LogP contribution is -2.42. The summed E-state index contributed by atoms with van der Waals surface area (Å²) in [6.45, 7) is 4.75. The molecule has 2 aromatic rings. The number of carbonyl (C=O) groups is 1. The third kappa shape index (κ3) is 3.94. The molecule has 0 saturated carbocycles. The molecule has 1 aromatic carbocycles. The Hall–Kier alpha value is -2.34. The van der Waals surface area contributed by atoms with Gasteiger partial charge in [-0.1, -0.05) is 0 Å². The van der Waals surface area contributed by atoms with Crippen molar-refractivity contribution in [2.24, 2.45) is 0 Å². The minimum Gasteiger partial charge on any atom is -0.494 e. The Morgan fingerprint density at radius 3 is 2.58 bits per heavy atom. The normalized spacial score (nSPS) is 12.4. The Kier molecular flexibility index (Phi) is 5.62. The van der Waals surface area contributed by atoms with Gasteiger partial charge in [0.25, 0.3) is 5.56 Å². The highest BCUT2D eigenvalue weighted by Gasteiger charge is 2.20. The number of nitrogens with zero attached hydrogens (tertiary/aromatic N) is 2. The molecule has 130 valence electrons. The molecule has 2 rings (SSSR count). The van der Waals surface area contributed by atoms with Gasteiger partial charge in [0, 0.05) is 37.1 Å². The Balaban J connectivity index is 2.29. The van der Waals surface area contributed by atoms with Crippen LogP contribution in [0.2, 0.25) is 0 Å². The predicted octanol–water partition coefficient (Wildman–Crippen LogP) is 1.84. The molecular weight excluding hydrogens is 306 g/mol. The zero-order chi connectivity index (χ0) is 17.9. The van der Waals surface area contributed by atoms with Gasteiger partial charge < -0.3 is 14.6 Å². The van der Waals surface area contributed by atoms with Crippen molar-refractivity contribution >= 4 is 16.8 Å². The number of fused-ring (bicyclic) bond motifs is 1. The van der Waals surface area contributed by atoms with Crippen LogP contribution in [0.1, 0.15) is 19.4 Å². The number of pyridine rings is 1. The summed E-state index contributed by atoms with van der Waals surface area (Å²) in [4.78, 5) is 30.7. The molecule has 1 heterocycles. The fourth-order valence-corrected chi connectivity index (χ4v) is 2.57. The lowest BCUT2D eigenvalue weighted by Gasteiger charge is -2.26. The molecule has 0 radical (unpaired) electrons. The largest absolute Gasteiger partial charge is 0.494 e. The van der Waals surface area contributed by atoms with Gasteiger partial charge >= 0.3 is 0 Å². The average molecular weight is 331 g/mol. The minimum absolute atomic E-state index is 0.00773. The van der Waals surface area contributed by atoms with E-state index in [9.17, 15) is 9.59 Å². The zero-order valence-corrected chi connectivity index (χ0v) is 14.9. The number of aromatic amines is 1. The molecule has 0 aliphatic carbocycles. The summed E-state index contributed by atoms with van der Waals surface area (Å²) in [6.07, 6.45) is 0. The molecule has 0 fully saturated rings. The van der Waals surface area contributed by atoms with Crippen molar-refractivity contribution in [1.82, 2.24) is 14.8 Å². The molecule has 0 aliphatic rings. The number of amides is 1. The summed E-state index contributed by atoms with van der Waals surface area (Å²) in [5, 5.41) is 0.913. The Morgan fingerprint density at radius 1 is 1.25 bits per heavy atom. The smallest absolute Gasteiger partial charge is 0.252 e. The first-order valence-corrected chi connectivity index (χ1v) is 8.03. The highest BCUT2D eigenvalue weighted by Crippen LogP contribution is 2.19. The molecule has 1 N–H and O–H groups in total. The molecule has 0 saturated heterocycles. The maximum absolute atomic E-state index is 12.3. The molecule has 1 unspecified atom stereocenters. The van der Waals surface area contributed by atoms with Crippen LogP contribution in [-0.2, 0) is 11.3 Å². The van der Waals surface area contributed by atoms with Gasteiger partial charge in [-0.05, 0) is 45.2 Å². The summed E-state index contributed by atoms with van der Waals surface area (Å²) >= 11 is 0. The number of hydrogen-bond acceptors (Lipinski definition) is 4. The van der Waals surface area contributed by atoms with E-state index in [1.54, 1.807) is 19.0 Å². The summed E-state index contributed by atoms with van der Waals surface area (Å²) < 4.78 is 5.51. The standard InChI is InChI=1S/C18H25N3O3/c1-6-24-15-7-8-16-13(10-15)9-14(17(22)19-16)11-21(5)12(2)18(23)20(3)4/h7-10,12H,6,11H2,1-5H3,(H,19,22). The van der Waals surface area contributed by atoms with Gasteiger partial charge in [-0.3, -0.25) is 14.5 Å². The van der Waals surface area contributed by atoms with E-state index in [2.05, 4.69) is 4.98 Å². The minimum atomic E-state index is -0.301. The second kappa shape index (κ2) is 7.49. The average Bonchev–Trinajstić information content (AvgIpc) is 2.54. The monoisotopic (exact) mass is 331 g/mol. The van der Waals surface area contributed by atoms with Gasteiger partial charge in [-0.15, -0.1) is 0 Å². The highest BCUT2D eigenvalue weighted by molar-refractivity contribution is 5.81. The number of ether oxygens (including phenoxy) is 1. The van der Waals surface area contributed by atoms with Crippen LogP contribution in [0.5, 0.6) is 5.75 Å². The first kappa shape index (κ1) is 18.0. The molecule has 1 amide bonds. The fourth-order valence-electron chi connectivity index (χ4n) is 2.57. The van der Waals surface area contributed by atoms with E-state index in [-0.39, 0.29) is 17.5 Å². The summed E-state index contributed by atoms with van der Waals surface area (Å²) in [7, 11) is 5.29. The Morgan fingerprint density at radius 2 is 1.96 bits per heavy atom. The topological polar surface area (TPSA) is 65.6 Å². The number of hydrogen-bond donors (Lipinski definition) is 1. The van der Waals surface area contributed by atoms with Crippen LogP contribution in [0, 0.1) is 0 Å². The van der Waals surface area contributed by atoms with E-state index in [0.717, 1.165) is 16.7 Å². The third-order valence-corrected chi connectivity index (χ3v) is 4.08. The van der Waals surface area contributed by atoms with Crippen LogP contribution in [0.4, 0.5) is 0 Å². The van der Waals surface area contributed by atoms with Crippen molar-refractivity contribution in [3.05, 3.63) is 40.2 Å². The summed E-state index contributed by atoms with van der Waals surface area (Å²) in [5.41, 5.74) is 1.26. The number of rotatable bonds is 6. The lowest BCUT2D eigenvalue weighted by atomic mass is 10.1. The van der Waals surface area contributed by atoms with Crippen LogP contribution in [-0.4, -0.2) is 54.5 Å². The lowest BCUT2D eigenvalue weighted by molar-refractivity contribution is -0.133. The van der Waals surface area contributed by atoms with Gasteiger partial charge in [0.1, 0.15) is 5.75 Å². The molecular formula is C18H25N3O3. The quantitative estimate of drug-likeness (QED) is 0.877. The number of nitrogens with one attached hydrogen (secondary N) is 1. The van der Waals surface area contributed by atoms with E-state index in [4.69, 9.17) is 4.74 Å². The molecule has 0 aliphatic heterocycles. The van der Waals surface area contributed by atoms with E-state index in [0.29, 0.717) is 18.7 Å². The maximum Gasteiger partial charge on any atom is 0.252 e. The van der Waals surface area contributed by atoms with E-state index in [1.165, 1.54) is 0 Å². The van der Waals surface area contributed by atoms with Crippen LogP contribution in [0.3, 0.4) is 0 Å². The molecule has 1 atom stereocenters. The number of aromatic nitrogens is 1. The van der Waals surface area contributed by atoms with Crippen molar-refractivity contribution in [3.8, 4) is 5.75 Å². The van der Waals surface area contributed by atoms with Crippen LogP contribution in [0.15, 0.2) is 29.1 Å². The second-order valence-corrected chi connectivity index (χ2v) is 6.13. The maximum atomic E-state index is 12.3. The van der Waals surface area contributed by atoms with Crippen molar-refractivity contribution < 1.29 is 9.53 Å². The van der Waals surface area contributed by atoms with E-state index in [1.807, 2.05) is 50.1 Å². The van der Waals surface area contributed by atoms with Gasteiger partial charge in [0.15, 0.2) is 0 Å². The van der Waals surface area contributed by atoms with E-state index >= 15 is 0 Å². The van der Waals surface area contributed by atoms with Crippen molar-refractivity contribution in [2.45, 2.75) is 26.4 Å². The predicted molar refractivity (Wildman–Crippen MR) is 95.4 cm³/mol. The van der Waals surface area contributed by atoms with Gasteiger partial charge in [-0.2, -0.15) is 0 Å². The first-order chi connectivity index (χ1) is 11.3. The second-order valence-electron chi connectivity index (χ2n) is 6.13. The first-order valence-electron chi connectivity index (χ1n) is 8.03. The SMILES string of the molecule is CCOc1ccc2[nH]c(=O)c(CN(C)C(C)C(=O)N(C)C)cc2c1. The zero-order valence-electron chi connectivity index (χ0n) is 14.9. The van der Waals surface area contributed by atoms with Gasteiger partial charge in [0.2, 0.25) is 5.91 Å². The fraction of sp³-hybridized carbons (Fsp3) is 0.444. The molecule has 0 spiro atoms. The Labute approximate surface area is 142 Å². The molecule has 6 heteroatoms. The van der Waals surface area contributed by atoms with Crippen LogP contribution >= 0.6 is 0 Å². The number of benzene rings is 1. The number of H-pyrrole nitrogens is 1. The number of carbonyl (C=O) groups excluding carboxylic acids is 1. The molecule has 0 bridgehead atoms. The van der Waals surface area contributed by atoms with Crippen molar-refractivity contribution in [2.75, 3.05) is 27.7 Å². The van der Waals surface area contributed by atoms with Gasteiger partial charge in [0.05, 0.1) is 12.6 Å². The number of likely N-dealkylation sites (N-methyl/N-ethyl adjacent to an activating group) is 2. The van der Waals surface area contributed by atoms with Crippen LogP contribution < -0.4 is 10.3 Å². The Bertz CT molecular complexity index is 783. The molecule has 24 heavy (non-hydrogen) atoms. The molecule has 1 aromatic heterocycles. The van der Waals surface area contributed by atoms with Crippen LogP contribution in [0.25, 0.3) is 10.9 Å². The summed E-state index contributed by atoms with van der Waals surface area (Å²) in [5.74, 6) is 0.779. The van der Waals surface area contributed by atoms with Crippen molar-refractivity contribution in [1.29, 1.82) is 0 Å². The van der Waals surface area contributed by atoms with Gasteiger partial charge in [-0.25, -0.2) is 0 Å². The van der Waals surface area contributed by atoms with E-state index < -0.39 is 0 Å². The third-order valence-electron chi connectivity index (χ3n) is 4.08.